The zero-order chi connectivity index (χ0) is 17.5. The van der Waals surface area contributed by atoms with E-state index in [0.717, 1.165) is 0 Å². The van der Waals surface area contributed by atoms with E-state index in [2.05, 4.69) is 5.32 Å². The lowest BCUT2D eigenvalue weighted by Crippen LogP contribution is -2.33. The molecule has 0 aromatic heterocycles. The van der Waals surface area contributed by atoms with Gasteiger partial charge in [0.25, 0.3) is 0 Å². The summed E-state index contributed by atoms with van der Waals surface area (Å²) < 4.78 is 32.0. The van der Waals surface area contributed by atoms with Gasteiger partial charge in [-0.25, -0.2) is 8.78 Å². The predicted octanol–water partition coefficient (Wildman–Crippen LogP) is 2.93. The van der Waals surface area contributed by atoms with Crippen molar-refractivity contribution in [1.82, 2.24) is 5.32 Å². The minimum absolute atomic E-state index is 0.0290. The Hall–Kier alpha value is -2.49. The first-order chi connectivity index (χ1) is 11.5. The summed E-state index contributed by atoms with van der Waals surface area (Å²) >= 11 is 0. The Labute approximate surface area is 139 Å². The van der Waals surface area contributed by atoms with Crippen molar-refractivity contribution >= 4 is 0 Å². The van der Waals surface area contributed by atoms with Crippen LogP contribution in [-0.2, 0) is 0 Å². The number of halogens is 2. The number of hydrogen-bond acceptors (Lipinski definition) is 4. The maximum atomic E-state index is 13.9. The average Bonchev–Trinajstić information content (AvgIpc) is 2.59. The molecule has 24 heavy (non-hydrogen) atoms. The van der Waals surface area contributed by atoms with Crippen LogP contribution >= 0.6 is 0 Å². The molecule has 0 bridgehead atoms. The van der Waals surface area contributed by atoms with Crippen molar-refractivity contribution in [3.8, 4) is 11.8 Å². The van der Waals surface area contributed by atoms with Crippen molar-refractivity contribution < 1.29 is 18.6 Å². The first-order valence-electron chi connectivity index (χ1n) is 7.49. The molecule has 0 radical (unpaired) electrons. The van der Waals surface area contributed by atoms with Crippen LogP contribution < -0.4 is 10.1 Å². The monoisotopic (exact) mass is 332 g/mol. The molecule has 0 fully saturated rings. The third kappa shape index (κ3) is 5.01. The lowest BCUT2D eigenvalue weighted by molar-refractivity contribution is 0.104. The van der Waals surface area contributed by atoms with Gasteiger partial charge in [0.2, 0.25) is 0 Å². The fourth-order valence-electron chi connectivity index (χ4n) is 2.15. The molecule has 0 heterocycles. The van der Waals surface area contributed by atoms with Gasteiger partial charge in [0.05, 0.1) is 11.6 Å². The van der Waals surface area contributed by atoms with E-state index in [9.17, 15) is 13.9 Å². The van der Waals surface area contributed by atoms with Crippen LogP contribution in [0.15, 0.2) is 42.5 Å². The molecule has 0 saturated heterocycles. The van der Waals surface area contributed by atoms with Gasteiger partial charge in [-0.15, -0.1) is 0 Å². The van der Waals surface area contributed by atoms with E-state index >= 15 is 0 Å². The SMILES string of the molecule is CC(NCC(O)COc1ccc(F)cc1)c1ccc(C#N)cc1F. The Bertz CT molecular complexity index is 714. The second-order valence-corrected chi connectivity index (χ2v) is 5.40. The number of nitrogens with zero attached hydrogens (tertiary/aromatic N) is 1. The van der Waals surface area contributed by atoms with Crippen LogP contribution in [0.2, 0.25) is 0 Å². The molecule has 2 atom stereocenters. The molecule has 6 heteroatoms. The standard InChI is InChI=1S/C18H18F2N2O2/c1-12(17-7-2-13(9-21)8-18(17)20)22-10-15(23)11-24-16-5-3-14(19)4-6-16/h2-8,12,15,22-23H,10-11H2,1H3. The molecule has 2 rings (SSSR count). The van der Waals surface area contributed by atoms with E-state index in [0.29, 0.717) is 11.3 Å². The highest BCUT2D eigenvalue weighted by molar-refractivity contribution is 5.34. The topological polar surface area (TPSA) is 65.3 Å². The number of benzene rings is 2. The maximum Gasteiger partial charge on any atom is 0.129 e. The smallest absolute Gasteiger partial charge is 0.129 e. The third-order valence-corrected chi connectivity index (χ3v) is 3.51. The van der Waals surface area contributed by atoms with Crippen molar-refractivity contribution in [2.75, 3.05) is 13.2 Å². The van der Waals surface area contributed by atoms with Crippen molar-refractivity contribution in [2.45, 2.75) is 19.1 Å². The van der Waals surface area contributed by atoms with Gasteiger partial charge in [-0.1, -0.05) is 6.07 Å². The molecule has 2 unspecified atom stereocenters. The molecule has 0 aliphatic heterocycles. The van der Waals surface area contributed by atoms with E-state index in [1.165, 1.54) is 30.3 Å². The highest BCUT2D eigenvalue weighted by Gasteiger charge is 2.13. The fraction of sp³-hybridized carbons (Fsp3) is 0.278. The molecule has 0 aliphatic rings. The Morgan fingerprint density at radius 2 is 1.92 bits per heavy atom. The van der Waals surface area contributed by atoms with Crippen molar-refractivity contribution in [3.63, 3.8) is 0 Å². The lowest BCUT2D eigenvalue weighted by Gasteiger charge is -2.18. The average molecular weight is 332 g/mol. The first-order valence-corrected chi connectivity index (χ1v) is 7.49. The molecule has 0 aliphatic carbocycles. The second-order valence-electron chi connectivity index (χ2n) is 5.40. The largest absolute Gasteiger partial charge is 0.491 e. The summed E-state index contributed by atoms with van der Waals surface area (Å²) in [5, 5.41) is 21.7. The van der Waals surface area contributed by atoms with Crippen LogP contribution in [0.4, 0.5) is 8.78 Å². The number of hydrogen-bond donors (Lipinski definition) is 2. The molecular weight excluding hydrogens is 314 g/mol. The number of aliphatic hydroxyl groups is 1. The number of ether oxygens (including phenoxy) is 1. The predicted molar refractivity (Wildman–Crippen MR) is 85.4 cm³/mol. The van der Waals surface area contributed by atoms with Gasteiger partial charge >= 0.3 is 0 Å². The van der Waals surface area contributed by atoms with Crippen LogP contribution in [0.1, 0.15) is 24.1 Å². The third-order valence-electron chi connectivity index (χ3n) is 3.51. The summed E-state index contributed by atoms with van der Waals surface area (Å²) in [5.41, 5.74) is 0.678. The zero-order valence-corrected chi connectivity index (χ0v) is 13.2. The Morgan fingerprint density at radius 3 is 2.54 bits per heavy atom. The second kappa shape index (κ2) is 8.39. The van der Waals surface area contributed by atoms with Gasteiger partial charge in [-0.05, 0) is 43.3 Å². The molecule has 0 spiro atoms. The molecule has 0 amide bonds. The van der Waals surface area contributed by atoms with Gasteiger partial charge in [0.15, 0.2) is 0 Å². The van der Waals surface area contributed by atoms with E-state index in [1.54, 1.807) is 19.1 Å². The number of nitrogens with one attached hydrogen (secondary N) is 1. The van der Waals surface area contributed by atoms with E-state index < -0.39 is 11.9 Å². The lowest BCUT2D eigenvalue weighted by atomic mass is 10.1. The molecule has 2 aromatic rings. The van der Waals surface area contributed by atoms with Gasteiger partial charge < -0.3 is 15.2 Å². The molecular formula is C18H18F2N2O2. The molecule has 126 valence electrons. The van der Waals surface area contributed by atoms with Crippen molar-refractivity contribution in [1.29, 1.82) is 5.26 Å². The molecule has 2 aromatic carbocycles. The Kier molecular flexibility index (Phi) is 6.24. The van der Waals surface area contributed by atoms with Crippen molar-refractivity contribution in [3.05, 3.63) is 65.2 Å². The van der Waals surface area contributed by atoms with Gasteiger partial charge in [0.1, 0.15) is 30.1 Å². The summed E-state index contributed by atoms with van der Waals surface area (Å²) in [7, 11) is 0. The van der Waals surface area contributed by atoms with Gasteiger partial charge in [-0.2, -0.15) is 5.26 Å². The van der Waals surface area contributed by atoms with Crippen LogP contribution in [-0.4, -0.2) is 24.4 Å². The molecule has 0 saturated carbocycles. The van der Waals surface area contributed by atoms with Crippen LogP contribution in [0.3, 0.4) is 0 Å². The first kappa shape index (κ1) is 17.9. The molecule has 4 nitrogen and oxygen atoms in total. The van der Waals surface area contributed by atoms with Crippen molar-refractivity contribution in [2.24, 2.45) is 0 Å². The fourth-order valence-corrected chi connectivity index (χ4v) is 2.15. The van der Waals surface area contributed by atoms with E-state index in [-0.39, 0.29) is 30.6 Å². The summed E-state index contributed by atoms with van der Waals surface area (Å²) in [5.74, 6) is -0.365. The highest BCUT2D eigenvalue weighted by atomic mass is 19.1. The summed E-state index contributed by atoms with van der Waals surface area (Å²) in [4.78, 5) is 0. The van der Waals surface area contributed by atoms with Gasteiger partial charge in [0, 0.05) is 18.2 Å². The summed E-state index contributed by atoms with van der Waals surface area (Å²) in [6.45, 7) is 1.99. The number of nitriles is 1. The van der Waals surface area contributed by atoms with E-state index in [4.69, 9.17) is 10.00 Å². The minimum Gasteiger partial charge on any atom is -0.491 e. The van der Waals surface area contributed by atoms with Crippen LogP contribution in [0.5, 0.6) is 5.75 Å². The van der Waals surface area contributed by atoms with Gasteiger partial charge in [-0.3, -0.25) is 0 Å². The zero-order valence-electron chi connectivity index (χ0n) is 13.2. The highest BCUT2D eigenvalue weighted by Crippen LogP contribution is 2.18. The summed E-state index contributed by atoms with van der Waals surface area (Å²) in [6.07, 6.45) is -0.807. The summed E-state index contributed by atoms with van der Waals surface area (Å²) in [6, 6.07) is 11.3. The van der Waals surface area contributed by atoms with Crippen LogP contribution in [0.25, 0.3) is 0 Å². The van der Waals surface area contributed by atoms with Crippen LogP contribution in [0, 0.1) is 23.0 Å². The Morgan fingerprint density at radius 1 is 1.21 bits per heavy atom. The Balaban J connectivity index is 1.81. The number of rotatable bonds is 7. The minimum atomic E-state index is -0.807. The normalized spacial score (nSPS) is 13.1. The molecule has 2 N–H and O–H groups in total. The number of aliphatic hydroxyl groups excluding tert-OH is 1. The van der Waals surface area contributed by atoms with E-state index in [1.807, 2.05) is 6.07 Å². The maximum absolute atomic E-state index is 13.9. The quantitative estimate of drug-likeness (QED) is 0.818.